The van der Waals surface area contributed by atoms with E-state index in [9.17, 15) is 4.79 Å². The van der Waals surface area contributed by atoms with Crippen LogP contribution >= 0.6 is 0 Å². The fourth-order valence-electron chi connectivity index (χ4n) is 2.97. The van der Waals surface area contributed by atoms with Crippen molar-refractivity contribution in [3.8, 4) is 0 Å². The number of aryl methyl sites for hydroxylation is 2. The first-order chi connectivity index (χ1) is 11.5. The zero-order valence-corrected chi connectivity index (χ0v) is 14.6. The molecule has 0 saturated carbocycles. The normalized spacial score (nSPS) is 14.6. The van der Waals surface area contributed by atoms with Gasteiger partial charge in [-0.15, -0.1) is 0 Å². The molecule has 2 aromatic rings. The number of carbonyl (C=O) groups excluding carboxylic acids is 1. The number of amides is 1. The highest BCUT2D eigenvalue weighted by molar-refractivity contribution is 5.91. The molecule has 0 bridgehead atoms. The average molecular weight is 327 g/mol. The van der Waals surface area contributed by atoms with Crippen molar-refractivity contribution in [1.29, 1.82) is 0 Å². The number of nitrogens with one attached hydrogen (secondary N) is 1. The number of nitrogens with zero attached hydrogens (tertiary/aromatic N) is 4. The van der Waals surface area contributed by atoms with Crippen LogP contribution in [0.25, 0.3) is 6.08 Å². The van der Waals surface area contributed by atoms with Gasteiger partial charge in [-0.2, -0.15) is 10.2 Å². The Bertz CT molecular complexity index is 740. The summed E-state index contributed by atoms with van der Waals surface area (Å²) >= 11 is 0. The molecule has 6 heteroatoms. The Morgan fingerprint density at radius 3 is 3.00 bits per heavy atom. The second-order valence-corrected chi connectivity index (χ2v) is 6.85. The summed E-state index contributed by atoms with van der Waals surface area (Å²) in [7, 11) is 1.86. The lowest BCUT2D eigenvalue weighted by molar-refractivity contribution is -0.126. The summed E-state index contributed by atoms with van der Waals surface area (Å²) in [5, 5.41) is 11.7. The third-order valence-electron chi connectivity index (χ3n) is 4.43. The van der Waals surface area contributed by atoms with Crippen molar-refractivity contribution in [3.63, 3.8) is 0 Å². The van der Waals surface area contributed by atoms with Gasteiger partial charge in [0.2, 0.25) is 5.91 Å². The minimum atomic E-state index is 0.0421. The van der Waals surface area contributed by atoms with Gasteiger partial charge in [-0.1, -0.05) is 13.8 Å². The van der Waals surface area contributed by atoms with E-state index < -0.39 is 0 Å². The maximum atomic E-state index is 12.5. The third kappa shape index (κ3) is 3.75. The van der Waals surface area contributed by atoms with Crippen molar-refractivity contribution >= 4 is 12.0 Å². The van der Waals surface area contributed by atoms with Crippen LogP contribution in [-0.2, 0) is 31.2 Å². The molecule has 0 saturated heterocycles. The van der Waals surface area contributed by atoms with Crippen molar-refractivity contribution < 1.29 is 4.79 Å². The summed E-state index contributed by atoms with van der Waals surface area (Å²) in [5.41, 5.74) is 4.45. The van der Waals surface area contributed by atoms with Gasteiger partial charge in [0.15, 0.2) is 0 Å². The molecule has 0 unspecified atom stereocenters. The molecule has 1 amide bonds. The Hall–Kier alpha value is -2.37. The Balaban J connectivity index is 1.66. The molecule has 0 aromatic carbocycles. The lowest BCUT2D eigenvalue weighted by Crippen LogP contribution is -2.35. The Morgan fingerprint density at radius 2 is 2.29 bits per heavy atom. The van der Waals surface area contributed by atoms with Crippen molar-refractivity contribution in [1.82, 2.24) is 24.9 Å². The quantitative estimate of drug-likeness (QED) is 0.857. The Kier molecular flexibility index (Phi) is 4.83. The predicted octanol–water partition coefficient (Wildman–Crippen LogP) is 2.33. The summed E-state index contributed by atoms with van der Waals surface area (Å²) in [6.45, 7) is 5.82. The number of rotatable bonds is 5. The number of aromatic nitrogens is 4. The second-order valence-electron chi connectivity index (χ2n) is 6.85. The minimum Gasteiger partial charge on any atom is -0.334 e. The van der Waals surface area contributed by atoms with Gasteiger partial charge < -0.3 is 4.90 Å². The van der Waals surface area contributed by atoms with Gasteiger partial charge in [0, 0.05) is 55.7 Å². The largest absolute Gasteiger partial charge is 0.334 e. The van der Waals surface area contributed by atoms with Crippen molar-refractivity contribution in [2.45, 2.75) is 39.7 Å². The Labute approximate surface area is 142 Å². The molecule has 1 aliphatic heterocycles. The molecule has 6 nitrogen and oxygen atoms in total. The first kappa shape index (κ1) is 16.5. The summed E-state index contributed by atoms with van der Waals surface area (Å²) < 4.78 is 1.73. The SMILES string of the molecule is CC(C)CCc1n[nH]c2c1CN(C(=O)/C=C/c1cnn(C)c1)CC2. The van der Waals surface area contributed by atoms with Crippen molar-refractivity contribution in [2.24, 2.45) is 13.0 Å². The summed E-state index contributed by atoms with van der Waals surface area (Å²) in [5.74, 6) is 0.696. The molecule has 0 radical (unpaired) electrons. The molecule has 0 aliphatic carbocycles. The lowest BCUT2D eigenvalue weighted by atomic mass is 10.00. The first-order valence-corrected chi connectivity index (χ1v) is 8.53. The van der Waals surface area contributed by atoms with E-state index in [0.29, 0.717) is 12.5 Å². The molecular weight excluding hydrogens is 302 g/mol. The van der Waals surface area contributed by atoms with Crippen LogP contribution in [0.3, 0.4) is 0 Å². The Morgan fingerprint density at radius 1 is 1.46 bits per heavy atom. The van der Waals surface area contributed by atoms with E-state index in [2.05, 4.69) is 29.1 Å². The lowest BCUT2D eigenvalue weighted by Gasteiger charge is -2.26. The molecule has 1 aliphatic rings. The highest BCUT2D eigenvalue weighted by Gasteiger charge is 2.23. The van der Waals surface area contributed by atoms with Gasteiger partial charge in [0.05, 0.1) is 11.9 Å². The zero-order chi connectivity index (χ0) is 17.1. The van der Waals surface area contributed by atoms with Gasteiger partial charge in [0.25, 0.3) is 0 Å². The molecule has 0 atom stereocenters. The molecule has 1 N–H and O–H groups in total. The number of aromatic amines is 1. The maximum absolute atomic E-state index is 12.5. The van der Waals surface area contributed by atoms with Crippen LogP contribution < -0.4 is 0 Å². The van der Waals surface area contributed by atoms with E-state index >= 15 is 0 Å². The summed E-state index contributed by atoms with van der Waals surface area (Å²) in [4.78, 5) is 14.4. The number of hydrogen-bond acceptors (Lipinski definition) is 3. The van der Waals surface area contributed by atoms with Crippen molar-refractivity contribution in [3.05, 3.63) is 41.0 Å². The van der Waals surface area contributed by atoms with Crippen LogP contribution in [0.2, 0.25) is 0 Å². The van der Waals surface area contributed by atoms with Gasteiger partial charge >= 0.3 is 0 Å². The minimum absolute atomic E-state index is 0.0421. The van der Waals surface area contributed by atoms with Crippen LogP contribution in [-0.4, -0.2) is 37.3 Å². The third-order valence-corrected chi connectivity index (χ3v) is 4.43. The monoisotopic (exact) mass is 327 g/mol. The topological polar surface area (TPSA) is 66.8 Å². The molecule has 0 spiro atoms. The molecule has 0 fully saturated rings. The number of hydrogen-bond donors (Lipinski definition) is 1. The van der Waals surface area contributed by atoms with E-state index in [1.54, 1.807) is 17.0 Å². The second kappa shape index (κ2) is 7.03. The smallest absolute Gasteiger partial charge is 0.246 e. The standard InChI is InChI=1S/C18H25N5O/c1-13(2)4-6-16-15-12-23(9-8-17(15)21-20-16)18(24)7-5-14-10-19-22(3)11-14/h5,7,10-11,13H,4,6,8-9,12H2,1-3H3,(H,20,21)/b7-5+. The fourth-order valence-corrected chi connectivity index (χ4v) is 2.97. The summed E-state index contributed by atoms with van der Waals surface area (Å²) in [6, 6.07) is 0. The van der Waals surface area contributed by atoms with Crippen LogP contribution in [0.5, 0.6) is 0 Å². The van der Waals surface area contributed by atoms with Gasteiger partial charge in [-0.05, 0) is 24.8 Å². The highest BCUT2D eigenvalue weighted by Crippen LogP contribution is 2.22. The molecule has 3 rings (SSSR count). The molecule has 2 aromatic heterocycles. The molecule has 3 heterocycles. The molecule has 128 valence electrons. The van der Waals surface area contributed by atoms with E-state index in [4.69, 9.17) is 0 Å². The van der Waals surface area contributed by atoms with E-state index in [-0.39, 0.29) is 5.91 Å². The van der Waals surface area contributed by atoms with E-state index in [1.807, 2.05) is 24.2 Å². The van der Waals surface area contributed by atoms with E-state index in [1.165, 1.54) is 11.3 Å². The van der Waals surface area contributed by atoms with Crippen LogP contribution in [0.4, 0.5) is 0 Å². The maximum Gasteiger partial charge on any atom is 0.246 e. The zero-order valence-electron chi connectivity index (χ0n) is 14.6. The van der Waals surface area contributed by atoms with E-state index in [0.717, 1.165) is 37.1 Å². The van der Waals surface area contributed by atoms with Crippen molar-refractivity contribution in [2.75, 3.05) is 6.54 Å². The van der Waals surface area contributed by atoms with Gasteiger partial charge in [-0.25, -0.2) is 0 Å². The predicted molar refractivity (Wildman–Crippen MR) is 93.1 cm³/mol. The number of fused-ring (bicyclic) bond motifs is 1. The number of H-pyrrole nitrogens is 1. The van der Waals surface area contributed by atoms with Crippen LogP contribution in [0.1, 0.15) is 42.8 Å². The molecular formula is C18H25N5O. The summed E-state index contributed by atoms with van der Waals surface area (Å²) in [6.07, 6.45) is 10.0. The van der Waals surface area contributed by atoms with Crippen LogP contribution in [0.15, 0.2) is 18.5 Å². The number of carbonyl (C=O) groups is 1. The highest BCUT2D eigenvalue weighted by atomic mass is 16.2. The van der Waals surface area contributed by atoms with Crippen LogP contribution in [0, 0.1) is 5.92 Å². The fraction of sp³-hybridized carbons (Fsp3) is 0.500. The molecule has 24 heavy (non-hydrogen) atoms. The average Bonchev–Trinajstić information content (AvgIpc) is 3.16. The van der Waals surface area contributed by atoms with Gasteiger partial charge in [0.1, 0.15) is 0 Å². The van der Waals surface area contributed by atoms with Gasteiger partial charge in [-0.3, -0.25) is 14.6 Å². The first-order valence-electron chi connectivity index (χ1n) is 8.53.